The lowest BCUT2D eigenvalue weighted by Gasteiger charge is -2.19. The SMILES string of the molecule is CCOc1ccccc1-c1nnc(SCC2CCCCC2)o1. The van der Waals surface area contributed by atoms with E-state index in [2.05, 4.69) is 10.2 Å². The summed E-state index contributed by atoms with van der Waals surface area (Å²) < 4.78 is 11.4. The van der Waals surface area contributed by atoms with Gasteiger partial charge in [0.2, 0.25) is 0 Å². The fraction of sp³-hybridized carbons (Fsp3) is 0.529. The number of rotatable bonds is 6. The molecule has 4 nitrogen and oxygen atoms in total. The minimum Gasteiger partial charge on any atom is -0.493 e. The van der Waals surface area contributed by atoms with Crippen LogP contribution < -0.4 is 4.74 Å². The summed E-state index contributed by atoms with van der Waals surface area (Å²) in [7, 11) is 0. The molecule has 0 unspecified atom stereocenters. The summed E-state index contributed by atoms with van der Waals surface area (Å²) in [6.45, 7) is 2.59. The average molecular weight is 318 g/mol. The second kappa shape index (κ2) is 7.68. The highest BCUT2D eigenvalue weighted by Crippen LogP contribution is 2.33. The Morgan fingerprint density at radius 3 is 2.82 bits per heavy atom. The van der Waals surface area contributed by atoms with E-state index in [4.69, 9.17) is 9.15 Å². The lowest BCUT2D eigenvalue weighted by molar-refractivity contribution is 0.340. The smallest absolute Gasteiger partial charge is 0.276 e. The number of aromatic nitrogens is 2. The maximum absolute atomic E-state index is 5.81. The molecule has 1 saturated carbocycles. The molecular formula is C17H22N2O2S. The maximum atomic E-state index is 5.81. The highest BCUT2D eigenvalue weighted by Gasteiger charge is 2.17. The van der Waals surface area contributed by atoms with Crippen molar-refractivity contribution in [3.8, 4) is 17.2 Å². The summed E-state index contributed by atoms with van der Waals surface area (Å²) in [4.78, 5) is 0. The van der Waals surface area contributed by atoms with Gasteiger partial charge in [0.15, 0.2) is 0 Å². The van der Waals surface area contributed by atoms with Crippen LogP contribution in [0.3, 0.4) is 0 Å². The van der Waals surface area contributed by atoms with E-state index in [1.165, 1.54) is 32.1 Å². The first-order valence-electron chi connectivity index (χ1n) is 8.05. The van der Waals surface area contributed by atoms with Gasteiger partial charge in [-0.15, -0.1) is 10.2 Å². The Bertz CT molecular complexity index is 594. The van der Waals surface area contributed by atoms with Gasteiger partial charge < -0.3 is 9.15 Å². The van der Waals surface area contributed by atoms with Gasteiger partial charge in [-0.2, -0.15) is 0 Å². The van der Waals surface area contributed by atoms with Gasteiger partial charge in [0, 0.05) is 5.75 Å². The van der Waals surface area contributed by atoms with Gasteiger partial charge in [-0.3, -0.25) is 0 Å². The minimum absolute atomic E-state index is 0.537. The van der Waals surface area contributed by atoms with Crippen LogP contribution in [0.5, 0.6) is 5.75 Å². The fourth-order valence-corrected chi connectivity index (χ4v) is 3.79. The molecule has 118 valence electrons. The van der Waals surface area contributed by atoms with Crippen molar-refractivity contribution in [3.05, 3.63) is 24.3 Å². The Kier molecular flexibility index (Phi) is 5.38. The fourth-order valence-electron chi connectivity index (χ4n) is 2.84. The van der Waals surface area contributed by atoms with Crippen molar-refractivity contribution in [2.75, 3.05) is 12.4 Å². The molecule has 1 aromatic heterocycles. The van der Waals surface area contributed by atoms with Gasteiger partial charge >= 0.3 is 0 Å². The molecule has 0 amide bonds. The molecule has 1 heterocycles. The summed E-state index contributed by atoms with van der Waals surface area (Å²) >= 11 is 1.68. The molecular weight excluding hydrogens is 296 g/mol. The molecule has 0 radical (unpaired) electrons. The quantitative estimate of drug-likeness (QED) is 0.715. The van der Waals surface area contributed by atoms with Crippen LogP contribution in [0.1, 0.15) is 39.0 Å². The van der Waals surface area contributed by atoms with Gasteiger partial charge in [0.1, 0.15) is 5.75 Å². The van der Waals surface area contributed by atoms with Crippen molar-refractivity contribution >= 4 is 11.8 Å². The molecule has 1 aliphatic rings. The van der Waals surface area contributed by atoms with E-state index < -0.39 is 0 Å². The summed E-state index contributed by atoms with van der Waals surface area (Å²) in [5.41, 5.74) is 0.862. The molecule has 1 fully saturated rings. The third kappa shape index (κ3) is 3.83. The van der Waals surface area contributed by atoms with Gasteiger partial charge in [0.05, 0.1) is 12.2 Å². The van der Waals surface area contributed by atoms with Crippen LogP contribution in [0.2, 0.25) is 0 Å². The first-order valence-corrected chi connectivity index (χ1v) is 9.04. The van der Waals surface area contributed by atoms with Crippen LogP contribution in [0.15, 0.2) is 33.9 Å². The zero-order chi connectivity index (χ0) is 15.2. The third-order valence-electron chi connectivity index (χ3n) is 3.99. The molecule has 0 atom stereocenters. The van der Waals surface area contributed by atoms with E-state index in [1.807, 2.05) is 31.2 Å². The second-order valence-electron chi connectivity index (χ2n) is 5.62. The number of nitrogens with zero attached hydrogens (tertiary/aromatic N) is 2. The molecule has 5 heteroatoms. The van der Waals surface area contributed by atoms with Crippen molar-refractivity contribution in [1.82, 2.24) is 10.2 Å². The number of hydrogen-bond acceptors (Lipinski definition) is 5. The number of hydrogen-bond donors (Lipinski definition) is 0. The highest BCUT2D eigenvalue weighted by atomic mass is 32.2. The second-order valence-corrected chi connectivity index (χ2v) is 6.59. The molecule has 0 N–H and O–H groups in total. The predicted octanol–water partition coefficient (Wildman–Crippen LogP) is 4.81. The van der Waals surface area contributed by atoms with Crippen molar-refractivity contribution in [2.45, 2.75) is 44.3 Å². The van der Waals surface area contributed by atoms with Crippen molar-refractivity contribution in [2.24, 2.45) is 5.92 Å². The van der Waals surface area contributed by atoms with Crippen LogP contribution in [0.4, 0.5) is 0 Å². The van der Waals surface area contributed by atoms with E-state index in [0.29, 0.717) is 17.7 Å². The Labute approximate surface area is 135 Å². The molecule has 1 aliphatic carbocycles. The zero-order valence-electron chi connectivity index (χ0n) is 13.0. The summed E-state index contributed by atoms with van der Waals surface area (Å²) in [6, 6.07) is 7.78. The monoisotopic (exact) mass is 318 g/mol. The van der Waals surface area contributed by atoms with Crippen LogP contribution in [-0.2, 0) is 0 Å². The molecule has 0 bridgehead atoms. The van der Waals surface area contributed by atoms with Gasteiger partial charge in [-0.05, 0) is 37.8 Å². The van der Waals surface area contributed by atoms with E-state index in [0.717, 1.165) is 23.0 Å². The Morgan fingerprint density at radius 1 is 1.18 bits per heavy atom. The molecule has 0 spiro atoms. The molecule has 0 saturated heterocycles. The van der Waals surface area contributed by atoms with E-state index in [9.17, 15) is 0 Å². The molecule has 3 rings (SSSR count). The third-order valence-corrected chi connectivity index (χ3v) is 5.04. The minimum atomic E-state index is 0.537. The van der Waals surface area contributed by atoms with Gasteiger partial charge in [-0.25, -0.2) is 0 Å². The first kappa shape index (κ1) is 15.4. The normalized spacial score (nSPS) is 15.9. The number of ether oxygens (including phenoxy) is 1. The Hall–Kier alpha value is -1.49. The molecule has 1 aromatic carbocycles. The van der Waals surface area contributed by atoms with E-state index in [-0.39, 0.29) is 0 Å². The Balaban J connectivity index is 1.65. The van der Waals surface area contributed by atoms with Crippen LogP contribution in [0.25, 0.3) is 11.5 Å². The summed E-state index contributed by atoms with van der Waals surface area (Å²) in [5, 5.41) is 9.00. The molecule has 0 aliphatic heterocycles. The van der Waals surface area contributed by atoms with Crippen molar-refractivity contribution < 1.29 is 9.15 Å². The predicted molar refractivity (Wildman–Crippen MR) is 88.2 cm³/mol. The first-order chi connectivity index (χ1) is 10.9. The maximum Gasteiger partial charge on any atom is 0.276 e. The number of benzene rings is 1. The molecule has 22 heavy (non-hydrogen) atoms. The number of para-hydroxylation sites is 1. The lowest BCUT2D eigenvalue weighted by atomic mass is 9.91. The summed E-state index contributed by atoms with van der Waals surface area (Å²) in [5.74, 6) is 3.20. The largest absolute Gasteiger partial charge is 0.493 e. The van der Waals surface area contributed by atoms with Crippen molar-refractivity contribution in [1.29, 1.82) is 0 Å². The van der Waals surface area contributed by atoms with Gasteiger partial charge in [0.25, 0.3) is 11.1 Å². The van der Waals surface area contributed by atoms with Crippen LogP contribution in [0, 0.1) is 5.92 Å². The van der Waals surface area contributed by atoms with Gasteiger partial charge in [-0.1, -0.05) is 43.2 Å². The zero-order valence-corrected chi connectivity index (χ0v) is 13.8. The standard InChI is InChI=1S/C17H22N2O2S/c1-2-20-15-11-7-6-10-14(15)16-18-19-17(21-16)22-12-13-8-4-3-5-9-13/h6-7,10-11,13H,2-5,8-9,12H2,1H3. The molecule has 2 aromatic rings. The number of thioether (sulfide) groups is 1. The highest BCUT2D eigenvalue weighted by molar-refractivity contribution is 7.99. The van der Waals surface area contributed by atoms with E-state index >= 15 is 0 Å². The van der Waals surface area contributed by atoms with Crippen LogP contribution >= 0.6 is 11.8 Å². The van der Waals surface area contributed by atoms with Crippen LogP contribution in [-0.4, -0.2) is 22.6 Å². The topological polar surface area (TPSA) is 48.2 Å². The van der Waals surface area contributed by atoms with Crippen molar-refractivity contribution in [3.63, 3.8) is 0 Å². The van der Waals surface area contributed by atoms with E-state index in [1.54, 1.807) is 11.8 Å². The lowest BCUT2D eigenvalue weighted by Crippen LogP contribution is -2.08. The average Bonchev–Trinajstić information content (AvgIpc) is 3.04. The summed E-state index contributed by atoms with van der Waals surface area (Å²) in [6.07, 6.45) is 6.78. The Morgan fingerprint density at radius 2 is 2.00 bits per heavy atom.